The number of carbonyl (C=O) groups excluding carboxylic acids is 1. The number of nitrogens with one attached hydrogen (secondary N) is 1. The second-order valence-electron chi connectivity index (χ2n) is 4.56. The van der Waals surface area contributed by atoms with Crippen molar-refractivity contribution in [1.29, 1.82) is 0 Å². The van der Waals surface area contributed by atoms with Crippen LogP contribution in [0.15, 0.2) is 24.4 Å². The lowest BCUT2D eigenvalue weighted by Crippen LogP contribution is -2.28. The van der Waals surface area contributed by atoms with Crippen LogP contribution in [-0.2, 0) is 0 Å². The molecule has 0 atom stereocenters. The van der Waals surface area contributed by atoms with Crippen molar-refractivity contribution in [2.45, 2.75) is 19.8 Å². The number of hydrogen-bond acceptors (Lipinski definition) is 3. The van der Waals surface area contributed by atoms with E-state index in [1.165, 1.54) is 16.6 Å². The van der Waals surface area contributed by atoms with Gasteiger partial charge in [0.05, 0.1) is 0 Å². The fourth-order valence-corrected chi connectivity index (χ4v) is 2.80. The average molecular weight is 270 g/mol. The molecule has 0 fully saturated rings. The predicted octanol–water partition coefficient (Wildman–Crippen LogP) is 2.06. The molecule has 3 rings (SSSR count). The molecule has 1 amide bonds. The normalized spacial score (nSPS) is 13.1. The van der Waals surface area contributed by atoms with Gasteiger partial charge < -0.3 is 0 Å². The van der Waals surface area contributed by atoms with E-state index in [1.54, 1.807) is 6.20 Å². The van der Waals surface area contributed by atoms with Gasteiger partial charge in [-0.1, -0.05) is 18.2 Å². The summed E-state index contributed by atoms with van der Waals surface area (Å²) in [5.41, 5.74) is 0.679. The maximum Gasteiger partial charge on any atom is 0.257 e. The fourth-order valence-electron chi connectivity index (χ4n) is 2.14. The first-order chi connectivity index (χ1) is 9.22. The van der Waals surface area contributed by atoms with Crippen LogP contribution >= 0.6 is 11.3 Å². The lowest BCUT2D eigenvalue weighted by molar-refractivity contribution is 0.102. The van der Waals surface area contributed by atoms with Gasteiger partial charge in [0.2, 0.25) is 0 Å². The molecule has 96 valence electrons. The zero-order valence-corrected chi connectivity index (χ0v) is 11.5. The number of carbonyl (C=O) groups is 1. The highest BCUT2D eigenvalue weighted by molar-refractivity contribution is 7.15. The maximum atomic E-state index is 12.1. The van der Waals surface area contributed by atoms with E-state index in [0.717, 1.165) is 22.9 Å². The molecule has 0 saturated heterocycles. The molecule has 1 aromatic carbocycles. The predicted molar refractivity (Wildman–Crippen MR) is 78.7 cm³/mol. The zero-order valence-electron chi connectivity index (χ0n) is 10.6. The standard InChI is InChI=1S/C15H14N2OS/c1-10-9-16-15(19-10)17-14(18)13-7-6-11-4-2-3-5-12(11)8-13/h4-9H,2-3H2,1H3,(H,16,17,18). The molecule has 0 unspecified atom stereocenters. The number of benzene rings is 1. The SMILES string of the molecule is Cc1cnc(NC(=O)c2ccc3c(c2)=CCCC=3)s1. The Bertz CT molecular complexity index is 746. The molecule has 19 heavy (non-hydrogen) atoms. The minimum atomic E-state index is -0.101. The number of aromatic nitrogens is 1. The molecule has 0 radical (unpaired) electrons. The molecular weight excluding hydrogens is 256 g/mol. The molecule has 1 N–H and O–H groups in total. The number of anilines is 1. The van der Waals surface area contributed by atoms with Gasteiger partial charge in [0.25, 0.3) is 5.91 Å². The molecule has 2 aromatic rings. The van der Waals surface area contributed by atoms with Gasteiger partial charge >= 0.3 is 0 Å². The van der Waals surface area contributed by atoms with Crippen molar-refractivity contribution in [3.8, 4) is 0 Å². The third kappa shape index (κ3) is 2.58. The van der Waals surface area contributed by atoms with Crippen LogP contribution in [0.5, 0.6) is 0 Å². The number of fused-ring (bicyclic) bond motifs is 1. The number of rotatable bonds is 2. The summed E-state index contributed by atoms with van der Waals surface area (Å²) < 4.78 is 0. The van der Waals surface area contributed by atoms with Crippen LogP contribution in [0.4, 0.5) is 5.13 Å². The van der Waals surface area contributed by atoms with Gasteiger partial charge in [-0.3, -0.25) is 10.1 Å². The number of hydrogen-bond donors (Lipinski definition) is 1. The molecule has 1 aliphatic rings. The van der Waals surface area contributed by atoms with Crippen molar-refractivity contribution in [3.05, 3.63) is 45.3 Å². The van der Waals surface area contributed by atoms with Crippen LogP contribution in [0.1, 0.15) is 28.1 Å². The molecule has 1 aromatic heterocycles. The third-order valence-corrected chi connectivity index (χ3v) is 3.91. The van der Waals surface area contributed by atoms with Gasteiger partial charge in [0.15, 0.2) is 5.13 Å². The second kappa shape index (κ2) is 4.97. The lowest BCUT2D eigenvalue weighted by Gasteiger charge is -2.04. The topological polar surface area (TPSA) is 42.0 Å². The summed E-state index contributed by atoms with van der Waals surface area (Å²) in [6.45, 7) is 1.97. The van der Waals surface area contributed by atoms with Gasteiger partial charge in [-0.05, 0) is 42.3 Å². The van der Waals surface area contributed by atoms with Crippen LogP contribution in [0.2, 0.25) is 0 Å². The molecule has 0 spiro atoms. The van der Waals surface area contributed by atoms with E-state index >= 15 is 0 Å². The molecule has 3 nitrogen and oxygen atoms in total. The van der Waals surface area contributed by atoms with Crippen molar-refractivity contribution < 1.29 is 4.79 Å². The van der Waals surface area contributed by atoms with Crippen molar-refractivity contribution in [2.75, 3.05) is 5.32 Å². The Labute approximate surface area is 115 Å². The van der Waals surface area contributed by atoms with Crippen LogP contribution in [0.25, 0.3) is 12.2 Å². The molecular formula is C15H14N2OS. The summed E-state index contributed by atoms with van der Waals surface area (Å²) in [7, 11) is 0. The molecule has 1 heterocycles. The number of amides is 1. The van der Waals surface area contributed by atoms with Crippen LogP contribution in [-0.4, -0.2) is 10.9 Å². The Morgan fingerprint density at radius 1 is 1.26 bits per heavy atom. The van der Waals surface area contributed by atoms with E-state index in [1.807, 2.05) is 25.1 Å². The number of aryl methyl sites for hydroxylation is 1. The first kappa shape index (κ1) is 12.1. The third-order valence-electron chi connectivity index (χ3n) is 3.09. The lowest BCUT2D eigenvalue weighted by atomic mass is 10.1. The van der Waals surface area contributed by atoms with Crippen molar-refractivity contribution in [1.82, 2.24) is 4.98 Å². The van der Waals surface area contributed by atoms with Crippen LogP contribution < -0.4 is 15.8 Å². The summed E-state index contributed by atoms with van der Waals surface area (Å²) >= 11 is 1.48. The quantitative estimate of drug-likeness (QED) is 0.907. The summed E-state index contributed by atoms with van der Waals surface area (Å²) in [5.74, 6) is -0.101. The summed E-state index contributed by atoms with van der Waals surface area (Å²) in [6.07, 6.45) is 8.28. The van der Waals surface area contributed by atoms with E-state index in [0.29, 0.717) is 10.7 Å². The van der Waals surface area contributed by atoms with E-state index in [9.17, 15) is 4.79 Å². The Morgan fingerprint density at radius 2 is 2.05 bits per heavy atom. The Hall–Kier alpha value is -1.94. The van der Waals surface area contributed by atoms with Crippen molar-refractivity contribution in [2.24, 2.45) is 0 Å². The fraction of sp³-hybridized carbons (Fsp3) is 0.200. The monoisotopic (exact) mass is 270 g/mol. The molecule has 4 heteroatoms. The molecule has 1 aliphatic carbocycles. The second-order valence-corrected chi connectivity index (χ2v) is 5.79. The van der Waals surface area contributed by atoms with E-state index in [-0.39, 0.29) is 5.91 Å². The van der Waals surface area contributed by atoms with E-state index in [4.69, 9.17) is 0 Å². The first-order valence-electron chi connectivity index (χ1n) is 6.26. The van der Waals surface area contributed by atoms with Crippen LogP contribution in [0.3, 0.4) is 0 Å². The van der Waals surface area contributed by atoms with Gasteiger partial charge in [-0.2, -0.15) is 0 Å². The van der Waals surface area contributed by atoms with E-state index in [2.05, 4.69) is 22.5 Å². The van der Waals surface area contributed by atoms with Gasteiger partial charge in [0, 0.05) is 16.6 Å². The maximum absolute atomic E-state index is 12.1. The summed E-state index contributed by atoms with van der Waals surface area (Å²) in [4.78, 5) is 17.4. The minimum absolute atomic E-state index is 0.101. The molecule has 0 saturated carbocycles. The molecule has 0 aliphatic heterocycles. The van der Waals surface area contributed by atoms with Gasteiger partial charge in [-0.15, -0.1) is 11.3 Å². The van der Waals surface area contributed by atoms with Crippen LogP contribution in [0, 0.1) is 6.92 Å². The van der Waals surface area contributed by atoms with E-state index < -0.39 is 0 Å². The summed E-state index contributed by atoms with van der Waals surface area (Å²) in [5, 5.41) is 5.84. The highest BCUT2D eigenvalue weighted by Gasteiger charge is 2.08. The zero-order chi connectivity index (χ0) is 13.2. The van der Waals surface area contributed by atoms with Gasteiger partial charge in [0.1, 0.15) is 0 Å². The summed E-state index contributed by atoms with van der Waals surface area (Å²) in [6, 6.07) is 5.82. The van der Waals surface area contributed by atoms with Crippen molar-refractivity contribution >= 4 is 34.5 Å². The Morgan fingerprint density at radius 3 is 2.79 bits per heavy atom. The highest BCUT2D eigenvalue weighted by atomic mass is 32.1. The number of thiazole rings is 1. The highest BCUT2D eigenvalue weighted by Crippen LogP contribution is 2.17. The largest absolute Gasteiger partial charge is 0.298 e. The average Bonchev–Trinajstić information content (AvgIpc) is 2.83. The molecule has 0 bridgehead atoms. The Kier molecular flexibility index (Phi) is 3.17. The Balaban J connectivity index is 1.88. The smallest absolute Gasteiger partial charge is 0.257 e. The van der Waals surface area contributed by atoms with Gasteiger partial charge in [-0.25, -0.2) is 4.98 Å². The first-order valence-corrected chi connectivity index (χ1v) is 7.08. The minimum Gasteiger partial charge on any atom is -0.298 e. The van der Waals surface area contributed by atoms with Crippen molar-refractivity contribution in [3.63, 3.8) is 0 Å². The number of nitrogens with zero attached hydrogens (tertiary/aromatic N) is 1.